The quantitative estimate of drug-likeness (QED) is 0.312. The first-order chi connectivity index (χ1) is 11.8. The van der Waals surface area contributed by atoms with Crippen LogP contribution in [0.4, 0.5) is 5.69 Å². The van der Waals surface area contributed by atoms with Crippen LogP contribution in [0.1, 0.15) is 27.6 Å². The molecule has 2 aromatic carbocycles. The predicted molar refractivity (Wildman–Crippen MR) is 93.0 cm³/mol. The molecule has 0 N–H and O–H groups in total. The number of hydrogen-bond acceptors (Lipinski definition) is 6. The lowest BCUT2D eigenvalue weighted by molar-refractivity contribution is -0.385. The van der Waals surface area contributed by atoms with Gasteiger partial charge < -0.3 is 9.47 Å². The van der Waals surface area contributed by atoms with Crippen molar-refractivity contribution < 1.29 is 24.0 Å². The summed E-state index contributed by atoms with van der Waals surface area (Å²) in [4.78, 5) is 34.8. The van der Waals surface area contributed by atoms with Gasteiger partial charge in [0, 0.05) is 11.6 Å². The molecule has 0 bridgehead atoms. The van der Waals surface area contributed by atoms with E-state index in [0.717, 1.165) is 6.07 Å². The van der Waals surface area contributed by atoms with Crippen molar-refractivity contribution in [2.24, 2.45) is 0 Å². The summed E-state index contributed by atoms with van der Waals surface area (Å²) in [5.41, 5.74) is 0.0933. The van der Waals surface area contributed by atoms with Gasteiger partial charge in [-0.2, -0.15) is 0 Å². The summed E-state index contributed by atoms with van der Waals surface area (Å²) < 4.78 is 10.4. The van der Waals surface area contributed by atoms with E-state index >= 15 is 0 Å². The normalized spacial score (nSPS) is 11.5. The number of benzene rings is 2. The van der Waals surface area contributed by atoms with Crippen LogP contribution in [0.2, 0.25) is 0 Å². The Morgan fingerprint density at radius 3 is 2.28 bits per heavy atom. The lowest BCUT2D eigenvalue weighted by Crippen LogP contribution is -2.24. The van der Waals surface area contributed by atoms with Gasteiger partial charge in [0.1, 0.15) is 5.75 Å². The van der Waals surface area contributed by atoms with Crippen molar-refractivity contribution in [1.82, 2.24) is 0 Å². The van der Waals surface area contributed by atoms with E-state index in [2.05, 4.69) is 15.9 Å². The Hall–Kier alpha value is -2.74. The first kappa shape index (κ1) is 18.6. The SMILES string of the molecule is COc1ccc(C(=O)C(C)OC(=O)c2ccc(Br)c([N+](=O)[O-])c2)cc1. The Morgan fingerprint density at radius 1 is 1.12 bits per heavy atom. The molecule has 130 valence electrons. The van der Waals surface area contributed by atoms with Crippen molar-refractivity contribution in [3.63, 3.8) is 0 Å². The fourth-order valence-electron chi connectivity index (χ4n) is 2.05. The zero-order valence-electron chi connectivity index (χ0n) is 13.4. The Labute approximate surface area is 151 Å². The van der Waals surface area contributed by atoms with Gasteiger partial charge in [-0.1, -0.05) is 0 Å². The summed E-state index contributed by atoms with van der Waals surface area (Å²) in [6.07, 6.45) is -1.04. The molecule has 0 aliphatic rings. The van der Waals surface area contributed by atoms with Crippen molar-refractivity contribution in [3.05, 3.63) is 68.2 Å². The second-order valence-electron chi connectivity index (χ2n) is 5.06. The average molecular weight is 408 g/mol. The number of Topliss-reactive ketones (excluding diaryl/α,β-unsaturated/α-hetero) is 1. The molecule has 0 radical (unpaired) electrons. The number of nitro groups is 1. The first-order valence-corrected chi connectivity index (χ1v) is 7.96. The molecule has 8 heteroatoms. The van der Waals surface area contributed by atoms with Crippen LogP contribution < -0.4 is 4.74 Å². The summed E-state index contributed by atoms with van der Waals surface area (Å²) in [6, 6.07) is 10.2. The zero-order valence-corrected chi connectivity index (χ0v) is 15.0. The largest absolute Gasteiger partial charge is 0.497 e. The predicted octanol–water partition coefficient (Wildman–Crippen LogP) is 3.79. The molecule has 0 aliphatic heterocycles. The molecule has 0 spiro atoms. The molecule has 2 aromatic rings. The molecule has 0 saturated heterocycles. The third-order valence-electron chi connectivity index (χ3n) is 3.41. The smallest absolute Gasteiger partial charge is 0.339 e. The van der Waals surface area contributed by atoms with Crippen molar-refractivity contribution in [3.8, 4) is 5.75 Å². The van der Waals surface area contributed by atoms with E-state index in [1.807, 2.05) is 0 Å². The maximum absolute atomic E-state index is 12.3. The van der Waals surface area contributed by atoms with Crippen LogP contribution in [0.5, 0.6) is 5.75 Å². The number of hydrogen-bond donors (Lipinski definition) is 0. The molecular formula is C17H14BrNO6. The summed E-state index contributed by atoms with van der Waals surface area (Å²) in [5.74, 6) is -0.601. The van der Waals surface area contributed by atoms with Gasteiger partial charge in [-0.3, -0.25) is 14.9 Å². The van der Waals surface area contributed by atoms with Gasteiger partial charge in [-0.05, 0) is 59.3 Å². The fourth-order valence-corrected chi connectivity index (χ4v) is 2.44. The minimum Gasteiger partial charge on any atom is -0.497 e. The summed E-state index contributed by atoms with van der Waals surface area (Å²) >= 11 is 3.04. The van der Waals surface area contributed by atoms with E-state index in [0.29, 0.717) is 11.3 Å². The standard InChI is InChI=1S/C17H14BrNO6/c1-10(16(20)11-3-6-13(24-2)7-4-11)25-17(21)12-5-8-14(18)15(9-12)19(22)23/h3-10H,1-2H3. The molecule has 0 heterocycles. The van der Waals surface area contributed by atoms with Crippen molar-refractivity contribution >= 4 is 33.4 Å². The number of ketones is 1. The zero-order chi connectivity index (χ0) is 18.6. The lowest BCUT2D eigenvalue weighted by Gasteiger charge is -2.12. The monoisotopic (exact) mass is 407 g/mol. The molecule has 7 nitrogen and oxygen atoms in total. The summed E-state index contributed by atoms with van der Waals surface area (Å²) in [6.45, 7) is 1.44. The van der Waals surface area contributed by atoms with Gasteiger partial charge in [0.05, 0.1) is 22.1 Å². The van der Waals surface area contributed by atoms with E-state index in [4.69, 9.17) is 9.47 Å². The number of rotatable bonds is 6. The maximum atomic E-state index is 12.3. The highest BCUT2D eigenvalue weighted by molar-refractivity contribution is 9.10. The van der Waals surface area contributed by atoms with Gasteiger partial charge in [-0.25, -0.2) is 4.79 Å². The number of esters is 1. The number of methoxy groups -OCH3 is 1. The third-order valence-corrected chi connectivity index (χ3v) is 4.08. The second kappa shape index (κ2) is 7.89. The number of halogens is 1. The highest BCUT2D eigenvalue weighted by Gasteiger charge is 2.22. The lowest BCUT2D eigenvalue weighted by atomic mass is 10.1. The molecule has 0 fully saturated rings. The van der Waals surface area contributed by atoms with Crippen LogP contribution in [0.15, 0.2) is 46.9 Å². The van der Waals surface area contributed by atoms with Crippen LogP contribution in [-0.4, -0.2) is 29.9 Å². The third kappa shape index (κ3) is 4.42. The first-order valence-electron chi connectivity index (χ1n) is 7.16. The number of carbonyl (C=O) groups is 2. The fraction of sp³-hybridized carbons (Fsp3) is 0.176. The molecular weight excluding hydrogens is 394 g/mol. The molecule has 0 aliphatic carbocycles. The second-order valence-corrected chi connectivity index (χ2v) is 5.92. The van der Waals surface area contributed by atoms with Crippen LogP contribution in [0.3, 0.4) is 0 Å². The van der Waals surface area contributed by atoms with E-state index in [9.17, 15) is 19.7 Å². The van der Waals surface area contributed by atoms with Crippen LogP contribution in [0.25, 0.3) is 0 Å². The van der Waals surface area contributed by atoms with Gasteiger partial charge >= 0.3 is 5.97 Å². The summed E-state index contributed by atoms with van der Waals surface area (Å²) in [5, 5.41) is 10.9. The summed E-state index contributed by atoms with van der Waals surface area (Å²) in [7, 11) is 1.51. The van der Waals surface area contributed by atoms with Gasteiger partial charge in [0.2, 0.25) is 5.78 Å². The average Bonchev–Trinajstić information content (AvgIpc) is 2.61. The minimum absolute atomic E-state index is 0.00993. The van der Waals surface area contributed by atoms with E-state index in [-0.39, 0.29) is 21.5 Å². The number of ether oxygens (including phenoxy) is 2. The highest BCUT2D eigenvalue weighted by Crippen LogP contribution is 2.26. The van der Waals surface area contributed by atoms with Gasteiger partial charge in [0.25, 0.3) is 5.69 Å². The van der Waals surface area contributed by atoms with Crippen molar-refractivity contribution in [1.29, 1.82) is 0 Å². The number of nitro benzene ring substituents is 1. The van der Waals surface area contributed by atoms with Crippen LogP contribution in [0, 0.1) is 10.1 Å². The Morgan fingerprint density at radius 2 is 1.72 bits per heavy atom. The minimum atomic E-state index is -1.04. The maximum Gasteiger partial charge on any atom is 0.339 e. The van der Waals surface area contributed by atoms with E-state index in [1.54, 1.807) is 24.3 Å². The molecule has 1 atom stereocenters. The van der Waals surface area contributed by atoms with Gasteiger partial charge in [0.15, 0.2) is 6.10 Å². The van der Waals surface area contributed by atoms with E-state index in [1.165, 1.54) is 26.2 Å². The molecule has 0 amide bonds. The Bertz CT molecular complexity index is 818. The topological polar surface area (TPSA) is 95.7 Å². The van der Waals surface area contributed by atoms with Gasteiger partial charge in [-0.15, -0.1) is 0 Å². The Balaban J connectivity index is 2.12. The Kier molecular flexibility index (Phi) is 5.87. The molecule has 0 aromatic heterocycles. The van der Waals surface area contributed by atoms with Crippen LogP contribution >= 0.6 is 15.9 Å². The van der Waals surface area contributed by atoms with Crippen LogP contribution in [-0.2, 0) is 4.74 Å². The molecule has 25 heavy (non-hydrogen) atoms. The highest BCUT2D eigenvalue weighted by atomic mass is 79.9. The molecule has 1 unspecified atom stereocenters. The number of carbonyl (C=O) groups excluding carboxylic acids is 2. The molecule has 2 rings (SSSR count). The van der Waals surface area contributed by atoms with Crippen molar-refractivity contribution in [2.45, 2.75) is 13.0 Å². The number of nitrogens with zero attached hydrogens (tertiary/aromatic N) is 1. The molecule has 0 saturated carbocycles. The van der Waals surface area contributed by atoms with E-state index < -0.39 is 17.0 Å². The van der Waals surface area contributed by atoms with Crippen molar-refractivity contribution in [2.75, 3.05) is 7.11 Å².